The van der Waals surface area contributed by atoms with Crippen molar-refractivity contribution >= 4 is 5.91 Å². The molecule has 5 heteroatoms. The van der Waals surface area contributed by atoms with Gasteiger partial charge in [0.2, 0.25) is 0 Å². The molecule has 0 aromatic heterocycles. The van der Waals surface area contributed by atoms with Gasteiger partial charge in [-0.15, -0.1) is 0 Å². The number of hydrogen-bond donors (Lipinski definition) is 1. The van der Waals surface area contributed by atoms with E-state index in [-0.39, 0.29) is 24.0 Å². The first-order valence-corrected chi connectivity index (χ1v) is 8.86. The number of aliphatic hydroxyl groups excluding tert-OH is 1. The highest BCUT2D eigenvalue weighted by molar-refractivity contribution is 5.94. The second kappa shape index (κ2) is 7.64. The zero-order chi connectivity index (χ0) is 17.1. The van der Waals surface area contributed by atoms with Crippen LogP contribution < -0.4 is 0 Å². The molecule has 3 unspecified atom stereocenters. The smallest absolute Gasteiger partial charge is 0.254 e. The summed E-state index contributed by atoms with van der Waals surface area (Å²) in [4.78, 5) is 17.0. The third kappa shape index (κ3) is 3.79. The summed E-state index contributed by atoms with van der Waals surface area (Å²) in [5.41, 5.74) is 1.91. The number of hydrogen-bond acceptors (Lipinski definition) is 4. The maximum absolute atomic E-state index is 13.0. The van der Waals surface area contributed by atoms with Crippen molar-refractivity contribution in [2.45, 2.75) is 38.0 Å². The van der Waals surface area contributed by atoms with Crippen LogP contribution in [0.3, 0.4) is 0 Å². The molecule has 24 heavy (non-hydrogen) atoms. The summed E-state index contributed by atoms with van der Waals surface area (Å²) in [6.07, 6.45) is 2.53. The van der Waals surface area contributed by atoms with Crippen LogP contribution in [-0.4, -0.2) is 66.8 Å². The highest BCUT2D eigenvalue weighted by Gasteiger charge is 2.39. The fourth-order valence-corrected chi connectivity index (χ4v) is 3.93. The molecule has 1 saturated heterocycles. The monoisotopic (exact) mass is 332 g/mol. The lowest BCUT2D eigenvalue weighted by Gasteiger charge is -2.40. The van der Waals surface area contributed by atoms with Gasteiger partial charge in [0.15, 0.2) is 0 Å². The molecule has 2 fully saturated rings. The van der Waals surface area contributed by atoms with Gasteiger partial charge in [-0.2, -0.15) is 0 Å². The molecule has 2 aliphatic rings. The number of benzene rings is 1. The summed E-state index contributed by atoms with van der Waals surface area (Å²) in [5.74, 6) is 0.195. The minimum Gasteiger partial charge on any atom is -0.393 e. The van der Waals surface area contributed by atoms with E-state index in [2.05, 4.69) is 4.90 Å². The molecule has 1 saturated carbocycles. The first-order chi connectivity index (χ1) is 11.6. The lowest BCUT2D eigenvalue weighted by atomic mass is 9.93. The molecule has 1 amide bonds. The van der Waals surface area contributed by atoms with Crippen LogP contribution in [0, 0.1) is 5.92 Å². The van der Waals surface area contributed by atoms with E-state index < -0.39 is 0 Å². The van der Waals surface area contributed by atoms with Crippen LogP contribution in [0.1, 0.15) is 35.2 Å². The Balaban J connectivity index is 1.74. The second-order valence-electron chi connectivity index (χ2n) is 7.24. The molecule has 132 valence electrons. The van der Waals surface area contributed by atoms with Crippen molar-refractivity contribution in [3.63, 3.8) is 0 Å². The van der Waals surface area contributed by atoms with Crippen LogP contribution in [0.15, 0.2) is 24.3 Å². The Kier molecular flexibility index (Phi) is 5.54. The van der Waals surface area contributed by atoms with Gasteiger partial charge >= 0.3 is 0 Å². The van der Waals surface area contributed by atoms with Crippen molar-refractivity contribution in [1.29, 1.82) is 0 Å². The molecule has 0 radical (unpaired) electrons. The molecule has 1 N–H and O–H groups in total. The Morgan fingerprint density at radius 1 is 1.29 bits per heavy atom. The van der Waals surface area contributed by atoms with Crippen molar-refractivity contribution in [3.05, 3.63) is 35.4 Å². The van der Waals surface area contributed by atoms with Crippen molar-refractivity contribution in [2.24, 2.45) is 5.92 Å². The van der Waals surface area contributed by atoms with Crippen molar-refractivity contribution in [1.82, 2.24) is 9.80 Å². The summed E-state index contributed by atoms with van der Waals surface area (Å²) < 4.78 is 5.61. The average molecular weight is 332 g/mol. The number of morpholine rings is 1. The highest BCUT2D eigenvalue weighted by atomic mass is 16.5. The van der Waals surface area contributed by atoms with Gasteiger partial charge in [0.05, 0.1) is 25.4 Å². The summed E-state index contributed by atoms with van der Waals surface area (Å²) in [6, 6.07) is 7.86. The molecular weight excluding hydrogens is 304 g/mol. The zero-order valence-corrected chi connectivity index (χ0v) is 14.6. The minimum atomic E-state index is -0.311. The van der Waals surface area contributed by atoms with E-state index in [1.54, 1.807) is 0 Å². The molecule has 3 rings (SSSR count). The largest absolute Gasteiger partial charge is 0.393 e. The first-order valence-electron chi connectivity index (χ1n) is 8.86. The summed E-state index contributed by atoms with van der Waals surface area (Å²) in [7, 11) is 4.06. The van der Waals surface area contributed by atoms with Crippen LogP contribution in [0.25, 0.3) is 0 Å². The molecule has 1 aliphatic carbocycles. The molecule has 1 aromatic carbocycles. The van der Waals surface area contributed by atoms with Crippen LogP contribution >= 0.6 is 0 Å². The number of rotatable bonds is 4. The maximum atomic E-state index is 13.0. The van der Waals surface area contributed by atoms with Gasteiger partial charge in [0, 0.05) is 24.6 Å². The van der Waals surface area contributed by atoms with Gasteiger partial charge in [0.25, 0.3) is 5.91 Å². The number of amides is 1. The summed E-state index contributed by atoms with van der Waals surface area (Å²) in [6.45, 7) is 2.57. The van der Waals surface area contributed by atoms with Gasteiger partial charge in [-0.05, 0) is 44.6 Å². The predicted octanol–water partition coefficient (Wildman–Crippen LogP) is 1.75. The van der Waals surface area contributed by atoms with Crippen molar-refractivity contribution in [3.8, 4) is 0 Å². The molecule has 1 aliphatic heterocycles. The number of carbonyl (C=O) groups excluding carboxylic acids is 1. The van der Waals surface area contributed by atoms with Gasteiger partial charge in [-0.25, -0.2) is 0 Å². The van der Waals surface area contributed by atoms with Gasteiger partial charge < -0.3 is 19.6 Å². The van der Waals surface area contributed by atoms with Gasteiger partial charge in [-0.1, -0.05) is 18.6 Å². The topological polar surface area (TPSA) is 53.0 Å². The van der Waals surface area contributed by atoms with E-state index in [4.69, 9.17) is 4.74 Å². The number of carbonyl (C=O) groups is 1. The van der Waals surface area contributed by atoms with Crippen LogP contribution in [-0.2, 0) is 11.3 Å². The molecular formula is C19H28N2O3. The van der Waals surface area contributed by atoms with E-state index in [1.807, 2.05) is 43.3 Å². The van der Waals surface area contributed by atoms with Gasteiger partial charge in [-0.3, -0.25) is 4.79 Å². The zero-order valence-electron chi connectivity index (χ0n) is 14.6. The van der Waals surface area contributed by atoms with E-state index in [9.17, 15) is 9.90 Å². The van der Waals surface area contributed by atoms with E-state index in [0.717, 1.165) is 31.4 Å². The molecule has 5 nitrogen and oxygen atoms in total. The maximum Gasteiger partial charge on any atom is 0.254 e. The lowest BCUT2D eigenvalue weighted by molar-refractivity contribution is -0.0383. The fraction of sp³-hybridized carbons (Fsp3) is 0.632. The average Bonchev–Trinajstić information content (AvgIpc) is 3.00. The lowest BCUT2D eigenvalue weighted by Crippen LogP contribution is -2.53. The molecule has 1 aromatic rings. The summed E-state index contributed by atoms with van der Waals surface area (Å²) in [5, 5.41) is 10.2. The summed E-state index contributed by atoms with van der Waals surface area (Å²) >= 11 is 0. The Labute approximate surface area is 144 Å². The minimum absolute atomic E-state index is 0.00907. The van der Waals surface area contributed by atoms with Crippen molar-refractivity contribution in [2.75, 3.05) is 33.9 Å². The Morgan fingerprint density at radius 3 is 2.67 bits per heavy atom. The van der Waals surface area contributed by atoms with E-state index >= 15 is 0 Å². The number of ether oxygens (including phenoxy) is 1. The van der Waals surface area contributed by atoms with Crippen molar-refractivity contribution < 1.29 is 14.6 Å². The highest BCUT2D eigenvalue weighted by Crippen LogP contribution is 2.32. The van der Waals surface area contributed by atoms with Crippen LogP contribution in [0.5, 0.6) is 0 Å². The molecule has 1 heterocycles. The van der Waals surface area contributed by atoms with Crippen LogP contribution in [0.4, 0.5) is 0 Å². The second-order valence-corrected chi connectivity index (χ2v) is 7.24. The predicted molar refractivity (Wildman–Crippen MR) is 92.8 cm³/mol. The fourth-order valence-electron chi connectivity index (χ4n) is 3.93. The van der Waals surface area contributed by atoms with Crippen LogP contribution in [0.2, 0.25) is 0 Å². The SMILES string of the molecule is CN(C)Cc1ccc(C(=O)N2CCOCC2C2CCCC2O)cc1. The van der Waals surface area contributed by atoms with E-state index in [0.29, 0.717) is 19.8 Å². The standard InChI is InChI=1S/C19H28N2O3/c1-20(2)12-14-6-8-15(9-7-14)19(23)21-10-11-24-13-17(21)16-4-3-5-18(16)22/h6-9,16-18,22H,3-5,10-13H2,1-2H3. The van der Waals surface area contributed by atoms with E-state index in [1.165, 1.54) is 5.56 Å². The molecule has 0 bridgehead atoms. The van der Waals surface area contributed by atoms with Gasteiger partial charge in [0.1, 0.15) is 0 Å². The molecule has 0 spiro atoms. The Morgan fingerprint density at radius 2 is 2.04 bits per heavy atom. The number of nitrogens with zero attached hydrogens (tertiary/aromatic N) is 2. The molecule has 3 atom stereocenters. The quantitative estimate of drug-likeness (QED) is 0.913. The Hall–Kier alpha value is -1.43. The third-order valence-corrected chi connectivity index (χ3v) is 5.15. The Bertz CT molecular complexity index is 558. The number of aliphatic hydroxyl groups is 1. The third-order valence-electron chi connectivity index (χ3n) is 5.15. The first kappa shape index (κ1) is 17.4. The normalized spacial score (nSPS) is 27.7.